The van der Waals surface area contributed by atoms with Crippen LogP contribution in [0.15, 0.2) is 30.3 Å². The third-order valence-corrected chi connectivity index (χ3v) is 5.08. The summed E-state index contributed by atoms with van der Waals surface area (Å²) in [6.45, 7) is 10.5. The normalized spacial score (nSPS) is 12.3. The van der Waals surface area contributed by atoms with Gasteiger partial charge in [-0.05, 0) is 26.3 Å². The maximum Gasteiger partial charge on any atom is 0.246 e. The van der Waals surface area contributed by atoms with Gasteiger partial charge in [0, 0.05) is 11.8 Å². The van der Waals surface area contributed by atoms with Crippen LogP contribution < -0.4 is 21.3 Å². The highest BCUT2D eigenvalue weighted by atomic mass is 16.5. The van der Waals surface area contributed by atoms with Gasteiger partial charge >= 0.3 is 0 Å². The molecule has 1 rings (SSSR count). The summed E-state index contributed by atoms with van der Waals surface area (Å²) in [5, 5.41) is 9.99. The Morgan fingerprint density at radius 2 is 1.37 bits per heavy atom. The van der Waals surface area contributed by atoms with Crippen LogP contribution in [-0.2, 0) is 39.9 Å². The topological polar surface area (TPSA) is 152 Å². The van der Waals surface area contributed by atoms with E-state index in [0.29, 0.717) is 6.61 Å². The van der Waals surface area contributed by atoms with Crippen LogP contribution in [-0.4, -0.2) is 80.5 Å². The molecule has 0 aliphatic rings. The van der Waals surface area contributed by atoms with Crippen LogP contribution in [0.4, 0.5) is 0 Å². The number of rotatable bonds is 15. The average Bonchev–Trinajstić information content (AvgIpc) is 2.83. The molecule has 0 aliphatic carbocycles. The Kier molecular flexibility index (Phi) is 13.6. The lowest BCUT2D eigenvalue weighted by molar-refractivity contribution is -0.132. The Morgan fingerprint density at radius 3 is 1.97 bits per heavy atom. The summed E-state index contributed by atoms with van der Waals surface area (Å²) in [6, 6.07) is 8.15. The maximum absolute atomic E-state index is 12.8. The molecular formula is C27H42N4O7. The molecule has 1 aromatic carbocycles. The van der Waals surface area contributed by atoms with Crippen molar-refractivity contribution in [2.45, 2.75) is 59.6 Å². The fourth-order valence-corrected chi connectivity index (χ4v) is 2.90. The monoisotopic (exact) mass is 534 g/mol. The number of nitrogens with one attached hydrogen (secondary N) is 4. The van der Waals surface area contributed by atoms with E-state index in [1.54, 1.807) is 20.8 Å². The van der Waals surface area contributed by atoms with E-state index >= 15 is 0 Å². The minimum atomic E-state index is -0.950. The molecule has 0 aromatic heterocycles. The van der Waals surface area contributed by atoms with Gasteiger partial charge in [0.05, 0.1) is 38.4 Å². The lowest BCUT2D eigenvalue weighted by atomic mass is 9.91. The summed E-state index contributed by atoms with van der Waals surface area (Å²) in [5.74, 6) is -2.31. The molecule has 4 amide bonds. The highest BCUT2D eigenvalue weighted by Crippen LogP contribution is 2.13. The van der Waals surface area contributed by atoms with Crippen molar-refractivity contribution >= 4 is 29.4 Å². The molecule has 38 heavy (non-hydrogen) atoms. The van der Waals surface area contributed by atoms with Gasteiger partial charge < -0.3 is 30.7 Å². The zero-order chi connectivity index (χ0) is 28.8. The molecule has 0 saturated heterocycles. The van der Waals surface area contributed by atoms with E-state index in [1.165, 1.54) is 0 Å². The first-order chi connectivity index (χ1) is 17.7. The number of ketones is 1. The van der Waals surface area contributed by atoms with Gasteiger partial charge in [-0.3, -0.25) is 24.0 Å². The Hall–Kier alpha value is -3.31. The Morgan fingerprint density at radius 1 is 0.763 bits per heavy atom. The lowest BCUT2D eigenvalue weighted by Gasteiger charge is -2.21. The molecular weight excluding hydrogens is 492 g/mol. The number of benzene rings is 1. The van der Waals surface area contributed by atoms with E-state index < -0.39 is 41.6 Å². The molecule has 0 fully saturated rings. The standard InChI is InChI=1S/C27H42N4O7/c1-26(2,3)21(32)15-30-25(36)20(14-19-10-8-7-9-11-19)31-23(34)17-28-22(33)16-29-24(35)18-37-12-13-38-27(4,5)6/h7-11,20H,12-18H2,1-6H3,(H,28,33)(H,29,35)(H,30,36)(H,31,34)/t20-/m0/s1. The Bertz CT molecular complexity index is 937. The number of amides is 4. The molecule has 1 aromatic rings. The zero-order valence-corrected chi connectivity index (χ0v) is 23.3. The molecule has 0 bridgehead atoms. The summed E-state index contributed by atoms with van der Waals surface area (Å²) in [4.78, 5) is 61.3. The molecule has 0 saturated carbocycles. The van der Waals surface area contributed by atoms with Gasteiger partial charge in [-0.25, -0.2) is 0 Å². The fourth-order valence-electron chi connectivity index (χ4n) is 2.90. The van der Waals surface area contributed by atoms with E-state index in [1.807, 2.05) is 51.1 Å². The van der Waals surface area contributed by atoms with Crippen molar-refractivity contribution in [1.29, 1.82) is 0 Å². The second-order valence-electron chi connectivity index (χ2n) is 10.8. The first-order valence-electron chi connectivity index (χ1n) is 12.6. The van der Waals surface area contributed by atoms with Gasteiger partial charge in [0.2, 0.25) is 23.6 Å². The molecule has 4 N–H and O–H groups in total. The number of hydrogen-bond donors (Lipinski definition) is 4. The van der Waals surface area contributed by atoms with Crippen LogP contribution in [0, 0.1) is 5.41 Å². The van der Waals surface area contributed by atoms with Gasteiger partial charge in [0.15, 0.2) is 5.78 Å². The first kappa shape index (κ1) is 32.7. The van der Waals surface area contributed by atoms with E-state index in [4.69, 9.17) is 9.47 Å². The third-order valence-electron chi connectivity index (χ3n) is 5.08. The van der Waals surface area contributed by atoms with Crippen LogP contribution in [0.1, 0.15) is 47.1 Å². The van der Waals surface area contributed by atoms with Crippen molar-refractivity contribution in [2.24, 2.45) is 5.41 Å². The number of carbonyl (C=O) groups is 5. The van der Waals surface area contributed by atoms with E-state index in [2.05, 4.69) is 21.3 Å². The smallest absolute Gasteiger partial charge is 0.246 e. The highest BCUT2D eigenvalue weighted by molar-refractivity contribution is 5.94. The summed E-state index contributed by atoms with van der Waals surface area (Å²) in [5.41, 5.74) is -0.0982. The predicted molar refractivity (Wildman–Crippen MR) is 142 cm³/mol. The van der Waals surface area contributed by atoms with Gasteiger partial charge in [0.1, 0.15) is 12.6 Å². The van der Waals surface area contributed by atoms with Crippen LogP contribution in [0.5, 0.6) is 0 Å². The van der Waals surface area contributed by atoms with Crippen molar-refractivity contribution in [1.82, 2.24) is 21.3 Å². The SMILES string of the molecule is CC(C)(C)OCCOCC(=O)NCC(=O)NCC(=O)N[C@@H](Cc1ccccc1)C(=O)NCC(=O)C(C)(C)C. The molecule has 11 nitrogen and oxygen atoms in total. The first-order valence-corrected chi connectivity index (χ1v) is 12.6. The summed E-state index contributed by atoms with van der Waals surface area (Å²) in [7, 11) is 0. The second kappa shape index (κ2) is 15.8. The second-order valence-corrected chi connectivity index (χ2v) is 10.8. The molecule has 11 heteroatoms. The van der Waals surface area contributed by atoms with Crippen molar-refractivity contribution in [3.05, 3.63) is 35.9 Å². The molecule has 0 aliphatic heterocycles. The number of ether oxygens (including phenoxy) is 2. The molecule has 0 spiro atoms. The molecule has 1 atom stereocenters. The molecule has 0 heterocycles. The van der Waals surface area contributed by atoms with E-state index in [-0.39, 0.29) is 44.1 Å². The Labute approximate surface area is 224 Å². The van der Waals surface area contributed by atoms with Crippen molar-refractivity contribution in [3.63, 3.8) is 0 Å². The highest BCUT2D eigenvalue weighted by Gasteiger charge is 2.25. The Balaban J connectivity index is 2.48. The van der Waals surface area contributed by atoms with Gasteiger partial charge in [-0.2, -0.15) is 0 Å². The molecule has 0 radical (unpaired) electrons. The van der Waals surface area contributed by atoms with Crippen LogP contribution in [0.25, 0.3) is 0 Å². The van der Waals surface area contributed by atoms with Crippen molar-refractivity contribution in [3.8, 4) is 0 Å². The largest absolute Gasteiger partial charge is 0.373 e. The summed E-state index contributed by atoms with van der Waals surface area (Å²) < 4.78 is 10.7. The van der Waals surface area contributed by atoms with Crippen LogP contribution in [0.2, 0.25) is 0 Å². The van der Waals surface area contributed by atoms with Gasteiger partial charge in [-0.15, -0.1) is 0 Å². The summed E-state index contributed by atoms with van der Waals surface area (Å²) >= 11 is 0. The molecule has 212 valence electrons. The van der Waals surface area contributed by atoms with Crippen molar-refractivity contribution in [2.75, 3.05) is 39.5 Å². The third kappa shape index (κ3) is 15.1. The van der Waals surface area contributed by atoms with E-state index in [9.17, 15) is 24.0 Å². The summed E-state index contributed by atoms with van der Waals surface area (Å²) in [6.07, 6.45) is 0.201. The number of hydrogen-bond acceptors (Lipinski definition) is 7. The van der Waals surface area contributed by atoms with E-state index in [0.717, 1.165) is 5.56 Å². The number of Topliss-reactive ketones (excluding diaryl/α,β-unsaturated/α-hetero) is 1. The van der Waals surface area contributed by atoms with Crippen LogP contribution in [0.3, 0.4) is 0 Å². The minimum absolute atomic E-state index is 0.145. The fraction of sp³-hybridized carbons (Fsp3) is 0.593. The van der Waals surface area contributed by atoms with Gasteiger partial charge in [0.25, 0.3) is 0 Å². The number of carbonyl (C=O) groups excluding carboxylic acids is 5. The predicted octanol–water partition coefficient (Wildman–Crippen LogP) is 0.509. The van der Waals surface area contributed by atoms with Crippen molar-refractivity contribution < 1.29 is 33.4 Å². The quantitative estimate of drug-likeness (QED) is 0.239. The zero-order valence-electron chi connectivity index (χ0n) is 23.3. The minimum Gasteiger partial charge on any atom is -0.373 e. The lowest BCUT2D eigenvalue weighted by Crippen LogP contribution is -2.52. The maximum atomic E-state index is 12.8. The van der Waals surface area contributed by atoms with Crippen LogP contribution >= 0.6 is 0 Å². The van der Waals surface area contributed by atoms with Gasteiger partial charge in [-0.1, -0.05) is 51.1 Å². The average molecular weight is 535 g/mol. The molecule has 0 unspecified atom stereocenters.